The van der Waals surface area contributed by atoms with Gasteiger partial charge in [0.05, 0.1) is 18.3 Å². The van der Waals surface area contributed by atoms with E-state index in [0.29, 0.717) is 6.54 Å². The van der Waals surface area contributed by atoms with Crippen molar-refractivity contribution in [2.24, 2.45) is 0 Å². The monoisotopic (exact) mass is 372 g/mol. The van der Waals surface area contributed by atoms with Crippen LogP contribution in [0.15, 0.2) is 67.0 Å². The van der Waals surface area contributed by atoms with Crippen LogP contribution >= 0.6 is 0 Å². The standard InChI is InChI=1S/C23H24N4O/c1-2-5-21(28)17-9-7-16(8-10-17)20-14-22(27-23-19(20)11-13-25-23)26-15-18-6-3-4-12-24-18/h3-4,6-14,21,28H,2,5,15H2,1H3,(H2,25,26,27)/t21-/m1/s1. The van der Waals surface area contributed by atoms with E-state index in [-0.39, 0.29) is 0 Å². The van der Waals surface area contributed by atoms with Crippen molar-refractivity contribution in [3.63, 3.8) is 0 Å². The molecular weight excluding hydrogens is 348 g/mol. The topological polar surface area (TPSA) is 73.8 Å². The average molecular weight is 372 g/mol. The van der Waals surface area contributed by atoms with Gasteiger partial charge in [0.1, 0.15) is 11.5 Å². The van der Waals surface area contributed by atoms with Gasteiger partial charge in [-0.2, -0.15) is 0 Å². The predicted molar refractivity (Wildman–Crippen MR) is 113 cm³/mol. The SMILES string of the molecule is CCC[C@@H](O)c1ccc(-c2cc(NCc3ccccn3)nc3[nH]ccc23)cc1. The van der Waals surface area contributed by atoms with Gasteiger partial charge in [0.15, 0.2) is 0 Å². The molecule has 0 unspecified atom stereocenters. The summed E-state index contributed by atoms with van der Waals surface area (Å²) < 4.78 is 0. The molecular formula is C23H24N4O. The molecule has 4 rings (SSSR count). The zero-order valence-corrected chi connectivity index (χ0v) is 15.9. The number of hydrogen-bond donors (Lipinski definition) is 3. The van der Waals surface area contributed by atoms with Crippen molar-refractivity contribution in [3.05, 3.63) is 78.2 Å². The molecule has 0 amide bonds. The fourth-order valence-corrected chi connectivity index (χ4v) is 3.38. The highest BCUT2D eigenvalue weighted by atomic mass is 16.3. The molecule has 0 spiro atoms. The van der Waals surface area contributed by atoms with Crippen molar-refractivity contribution in [1.82, 2.24) is 15.0 Å². The minimum Gasteiger partial charge on any atom is -0.388 e. The Morgan fingerprint density at radius 2 is 1.96 bits per heavy atom. The Morgan fingerprint density at radius 1 is 1.11 bits per heavy atom. The molecule has 0 aliphatic rings. The van der Waals surface area contributed by atoms with Crippen LogP contribution in [0.4, 0.5) is 5.82 Å². The number of nitrogens with zero attached hydrogens (tertiary/aromatic N) is 2. The van der Waals surface area contributed by atoms with Crippen LogP contribution in [0.2, 0.25) is 0 Å². The van der Waals surface area contributed by atoms with Crippen molar-refractivity contribution in [2.45, 2.75) is 32.4 Å². The maximum Gasteiger partial charge on any atom is 0.140 e. The molecule has 142 valence electrons. The van der Waals surface area contributed by atoms with Crippen molar-refractivity contribution in [2.75, 3.05) is 5.32 Å². The molecule has 4 aromatic rings. The number of anilines is 1. The minimum absolute atomic E-state index is 0.403. The molecule has 0 aliphatic carbocycles. The van der Waals surface area contributed by atoms with Crippen LogP contribution in [-0.4, -0.2) is 20.1 Å². The second-order valence-corrected chi connectivity index (χ2v) is 6.90. The maximum absolute atomic E-state index is 10.2. The Morgan fingerprint density at radius 3 is 2.71 bits per heavy atom. The summed E-state index contributed by atoms with van der Waals surface area (Å²) in [5.74, 6) is 0.797. The first-order valence-corrected chi connectivity index (χ1v) is 9.65. The third kappa shape index (κ3) is 3.89. The van der Waals surface area contributed by atoms with E-state index in [1.807, 2.05) is 42.6 Å². The molecule has 0 fully saturated rings. The van der Waals surface area contributed by atoms with Crippen LogP contribution in [-0.2, 0) is 6.54 Å². The Kier molecular flexibility index (Phi) is 5.35. The van der Waals surface area contributed by atoms with E-state index in [0.717, 1.165) is 52.1 Å². The highest BCUT2D eigenvalue weighted by molar-refractivity contribution is 5.94. The summed E-state index contributed by atoms with van der Waals surface area (Å²) in [6, 6.07) is 18.1. The summed E-state index contributed by atoms with van der Waals surface area (Å²) in [6.07, 6.45) is 5.03. The van der Waals surface area contributed by atoms with Crippen LogP contribution < -0.4 is 5.32 Å². The van der Waals surface area contributed by atoms with Crippen molar-refractivity contribution < 1.29 is 5.11 Å². The summed E-state index contributed by atoms with van der Waals surface area (Å²) >= 11 is 0. The zero-order valence-electron chi connectivity index (χ0n) is 15.9. The van der Waals surface area contributed by atoms with Gasteiger partial charge in [-0.3, -0.25) is 4.98 Å². The third-order valence-corrected chi connectivity index (χ3v) is 4.87. The lowest BCUT2D eigenvalue weighted by molar-refractivity contribution is 0.166. The molecule has 0 radical (unpaired) electrons. The number of rotatable bonds is 7. The van der Waals surface area contributed by atoms with Gasteiger partial charge in [0, 0.05) is 17.8 Å². The van der Waals surface area contributed by atoms with Crippen molar-refractivity contribution in [3.8, 4) is 11.1 Å². The minimum atomic E-state index is -0.403. The normalized spacial score (nSPS) is 12.2. The summed E-state index contributed by atoms with van der Waals surface area (Å²) in [5, 5.41) is 14.7. The van der Waals surface area contributed by atoms with E-state index < -0.39 is 6.10 Å². The van der Waals surface area contributed by atoms with Crippen LogP contribution in [0.25, 0.3) is 22.2 Å². The molecule has 0 aliphatic heterocycles. The first-order chi connectivity index (χ1) is 13.7. The summed E-state index contributed by atoms with van der Waals surface area (Å²) in [5.41, 5.74) is 4.97. The molecule has 28 heavy (non-hydrogen) atoms. The molecule has 5 heteroatoms. The van der Waals surface area contributed by atoms with E-state index in [1.165, 1.54) is 0 Å². The molecule has 5 nitrogen and oxygen atoms in total. The number of benzene rings is 1. The number of pyridine rings is 2. The predicted octanol–water partition coefficient (Wildman–Crippen LogP) is 5.07. The highest BCUT2D eigenvalue weighted by Gasteiger charge is 2.11. The highest BCUT2D eigenvalue weighted by Crippen LogP contribution is 2.31. The van der Waals surface area contributed by atoms with Gasteiger partial charge in [-0.25, -0.2) is 4.98 Å². The molecule has 0 bridgehead atoms. The fourth-order valence-electron chi connectivity index (χ4n) is 3.38. The second-order valence-electron chi connectivity index (χ2n) is 6.90. The largest absolute Gasteiger partial charge is 0.388 e. The lowest BCUT2D eigenvalue weighted by Gasteiger charge is -2.12. The number of aliphatic hydroxyl groups is 1. The molecule has 1 aromatic carbocycles. The lowest BCUT2D eigenvalue weighted by Crippen LogP contribution is -2.03. The van der Waals surface area contributed by atoms with Crippen LogP contribution in [0.5, 0.6) is 0 Å². The number of H-pyrrole nitrogens is 1. The Balaban J connectivity index is 1.63. The first kappa shape index (κ1) is 18.2. The number of hydrogen-bond acceptors (Lipinski definition) is 4. The lowest BCUT2D eigenvalue weighted by atomic mass is 9.99. The average Bonchev–Trinajstić information content (AvgIpc) is 3.21. The van der Waals surface area contributed by atoms with Crippen molar-refractivity contribution >= 4 is 16.9 Å². The van der Waals surface area contributed by atoms with E-state index >= 15 is 0 Å². The molecule has 3 aromatic heterocycles. The first-order valence-electron chi connectivity index (χ1n) is 9.65. The number of nitrogens with one attached hydrogen (secondary N) is 2. The van der Waals surface area contributed by atoms with Gasteiger partial charge < -0.3 is 15.4 Å². The van der Waals surface area contributed by atoms with Crippen LogP contribution in [0.3, 0.4) is 0 Å². The van der Waals surface area contributed by atoms with Crippen LogP contribution in [0.1, 0.15) is 37.1 Å². The van der Waals surface area contributed by atoms with Gasteiger partial charge in [-0.1, -0.05) is 43.7 Å². The molecule has 1 atom stereocenters. The number of aromatic nitrogens is 3. The Labute approximate surface area is 164 Å². The number of aromatic amines is 1. The maximum atomic E-state index is 10.2. The smallest absolute Gasteiger partial charge is 0.140 e. The van der Waals surface area contributed by atoms with Crippen molar-refractivity contribution in [1.29, 1.82) is 0 Å². The van der Waals surface area contributed by atoms with E-state index in [2.05, 4.69) is 45.4 Å². The molecule has 3 N–H and O–H groups in total. The Hall–Kier alpha value is -3.18. The van der Waals surface area contributed by atoms with Crippen LogP contribution in [0, 0.1) is 0 Å². The third-order valence-electron chi connectivity index (χ3n) is 4.87. The number of fused-ring (bicyclic) bond motifs is 1. The summed E-state index contributed by atoms with van der Waals surface area (Å²) in [4.78, 5) is 12.2. The van der Waals surface area contributed by atoms with E-state index in [4.69, 9.17) is 0 Å². The summed E-state index contributed by atoms with van der Waals surface area (Å²) in [6.45, 7) is 2.69. The van der Waals surface area contributed by atoms with Gasteiger partial charge in [-0.05, 0) is 47.4 Å². The fraction of sp³-hybridized carbons (Fsp3) is 0.217. The van der Waals surface area contributed by atoms with Gasteiger partial charge in [0.2, 0.25) is 0 Å². The van der Waals surface area contributed by atoms with Gasteiger partial charge in [0.25, 0.3) is 0 Å². The van der Waals surface area contributed by atoms with E-state index in [1.54, 1.807) is 6.20 Å². The van der Waals surface area contributed by atoms with Gasteiger partial charge in [-0.15, -0.1) is 0 Å². The second kappa shape index (κ2) is 8.23. The molecule has 0 saturated carbocycles. The zero-order chi connectivity index (χ0) is 19.3. The Bertz CT molecular complexity index is 1040. The quantitative estimate of drug-likeness (QED) is 0.423. The number of aliphatic hydroxyl groups excluding tert-OH is 1. The van der Waals surface area contributed by atoms with Gasteiger partial charge >= 0.3 is 0 Å². The molecule has 0 saturated heterocycles. The van der Waals surface area contributed by atoms with E-state index in [9.17, 15) is 5.11 Å². The molecule has 3 heterocycles. The summed E-state index contributed by atoms with van der Waals surface area (Å²) in [7, 11) is 0.